The largest absolute Gasteiger partial charge is 0.482 e. The molecule has 0 aliphatic heterocycles. The van der Waals surface area contributed by atoms with Gasteiger partial charge < -0.3 is 19.6 Å². The fraction of sp³-hybridized carbons (Fsp3) is 0.238. The Morgan fingerprint density at radius 1 is 1.25 bits per heavy atom. The number of ether oxygens (including phenoxy) is 1. The van der Waals surface area contributed by atoms with Crippen molar-refractivity contribution in [3.05, 3.63) is 75.1 Å². The molecule has 0 radical (unpaired) electrons. The third-order valence-electron chi connectivity index (χ3n) is 4.30. The third kappa shape index (κ3) is 4.71. The van der Waals surface area contributed by atoms with E-state index in [1.54, 1.807) is 18.2 Å². The molecule has 6 nitrogen and oxygen atoms in total. The Balaban J connectivity index is 1.64. The van der Waals surface area contributed by atoms with E-state index in [9.17, 15) is 14.7 Å². The minimum atomic E-state index is -0.809. The van der Waals surface area contributed by atoms with Crippen LogP contribution < -0.4 is 15.7 Å². The summed E-state index contributed by atoms with van der Waals surface area (Å²) in [5, 5.41) is 13.7. The molecule has 0 aliphatic carbocycles. The lowest BCUT2D eigenvalue weighted by Gasteiger charge is -2.13. The molecule has 146 valence electrons. The van der Waals surface area contributed by atoms with Crippen molar-refractivity contribution in [1.82, 2.24) is 5.32 Å². The summed E-state index contributed by atoms with van der Waals surface area (Å²) in [4.78, 5) is 23.7. The van der Waals surface area contributed by atoms with Crippen LogP contribution in [0.4, 0.5) is 0 Å². The lowest BCUT2D eigenvalue weighted by Crippen LogP contribution is -2.32. The van der Waals surface area contributed by atoms with Crippen LogP contribution in [0, 0.1) is 0 Å². The number of rotatable bonds is 7. The first-order chi connectivity index (χ1) is 13.5. The predicted octanol–water partition coefficient (Wildman–Crippen LogP) is 3.24. The molecule has 3 aromatic rings. The second-order valence-electron chi connectivity index (χ2n) is 6.24. The van der Waals surface area contributed by atoms with Crippen LogP contribution in [0.2, 0.25) is 5.02 Å². The molecule has 0 bridgehead atoms. The number of aliphatic hydroxyl groups is 1. The number of hydrogen-bond acceptors (Lipinski definition) is 5. The molecule has 7 heteroatoms. The molecular weight excluding hydrogens is 382 g/mol. The summed E-state index contributed by atoms with van der Waals surface area (Å²) in [6.07, 6.45) is -0.152. The van der Waals surface area contributed by atoms with Crippen molar-refractivity contribution in [3.63, 3.8) is 0 Å². The van der Waals surface area contributed by atoms with E-state index in [0.717, 1.165) is 10.9 Å². The van der Waals surface area contributed by atoms with Gasteiger partial charge in [0.05, 0.1) is 11.1 Å². The van der Waals surface area contributed by atoms with E-state index in [-0.39, 0.29) is 18.9 Å². The first kappa shape index (κ1) is 19.9. The average molecular weight is 402 g/mol. The number of nitrogens with one attached hydrogen (secondary N) is 1. The molecule has 2 aromatic carbocycles. The van der Waals surface area contributed by atoms with E-state index in [2.05, 4.69) is 5.32 Å². The van der Waals surface area contributed by atoms with Gasteiger partial charge in [-0.15, -0.1) is 0 Å². The van der Waals surface area contributed by atoms with Gasteiger partial charge in [0.25, 0.3) is 5.91 Å². The summed E-state index contributed by atoms with van der Waals surface area (Å²) in [6.45, 7) is 1.71. The van der Waals surface area contributed by atoms with Crippen molar-refractivity contribution in [1.29, 1.82) is 0 Å². The molecule has 0 spiro atoms. The van der Waals surface area contributed by atoms with Crippen molar-refractivity contribution < 1.29 is 19.1 Å². The maximum atomic E-state index is 12.0. The molecule has 1 heterocycles. The van der Waals surface area contributed by atoms with Gasteiger partial charge in [-0.1, -0.05) is 48.9 Å². The SMILES string of the molecule is CCc1cc(=O)oc2cc(OCC(=O)NCC(O)c3ccccc3)c(Cl)cc12. The number of carbonyl (C=O) groups excluding carboxylic acids is 1. The van der Waals surface area contributed by atoms with Gasteiger partial charge in [0, 0.05) is 24.1 Å². The molecule has 2 N–H and O–H groups in total. The molecule has 1 aromatic heterocycles. The summed E-state index contributed by atoms with van der Waals surface area (Å²) in [5.74, 6) is -0.167. The zero-order valence-corrected chi connectivity index (χ0v) is 16.0. The Kier molecular flexibility index (Phi) is 6.34. The van der Waals surface area contributed by atoms with Gasteiger partial charge in [0.15, 0.2) is 6.61 Å². The molecule has 0 fully saturated rings. The number of fused-ring (bicyclic) bond motifs is 1. The third-order valence-corrected chi connectivity index (χ3v) is 4.59. The highest BCUT2D eigenvalue weighted by Crippen LogP contribution is 2.31. The minimum absolute atomic E-state index is 0.0619. The molecule has 1 amide bonds. The van der Waals surface area contributed by atoms with Crippen LogP contribution in [0.5, 0.6) is 5.75 Å². The summed E-state index contributed by atoms with van der Waals surface area (Å²) < 4.78 is 10.7. The Morgan fingerprint density at radius 3 is 2.71 bits per heavy atom. The van der Waals surface area contributed by atoms with Gasteiger partial charge in [-0.2, -0.15) is 0 Å². The second-order valence-corrected chi connectivity index (χ2v) is 6.65. The van der Waals surface area contributed by atoms with Gasteiger partial charge in [-0.3, -0.25) is 4.79 Å². The first-order valence-electron chi connectivity index (χ1n) is 8.86. The van der Waals surface area contributed by atoms with Crippen molar-refractivity contribution in [2.75, 3.05) is 13.2 Å². The zero-order valence-electron chi connectivity index (χ0n) is 15.3. The molecule has 1 atom stereocenters. The minimum Gasteiger partial charge on any atom is -0.482 e. The highest BCUT2D eigenvalue weighted by molar-refractivity contribution is 6.32. The maximum absolute atomic E-state index is 12.0. The highest BCUT2D eigenvalue weighted by Gasteiger charge is 2.13. The van der Waals surface area contributed by atoms with Crippen LogP contribution in [-0.2, 0) is 11.2 Å². The Bertz CT molecular complexity index is 1030. The normalized spacial score (nSPS) is 12.0. The first-order valence-corrected chi connectivity index (χ1v) is 9.24. The van der Waals surface area contributed by atoms with Gasteiger partial charge in [-0.05, 0) is 23.6 Å². The van der Waals surface area contributed by atoms with Crippen LogP contribution in [0.25, 0.3) is 11.0 Å². The quantitative estimate of drug-likeness (QED) is 0.593. The highest BCUT2D eigenvalue weighted by atomic mass is 35.5. The van der Waals surface area contributed by atoms with Crippen molar-refractivity contribution in [2.45, 2.75) is 19.4 Å². The van der Waals surface area contributed by atoms with Crippen LogP contribution in [0.1, 0.15) is 24.2 Å². The fourth-order valence-corrected chi connectivity index (χ4v) is 3.05. The van der Waals surface area contributed by atoms with Crippen LogP contribution in [0.3, 0.4) is 0 Å². The number of carbonyl (C=O) groups is 1. The van der Waals surface area contributed by atoms with E-state index in [1.165, 1.54) is 12.1 Å². The summed E-state index contributed by atoms with van der Waals surface area (Å²) in [7, 11) is 0. The van der Waals surface area contributed by atoms with E-state index in [0.29, 0.717) is 22.6 Å². The number of benzene rings is 2. The number of aliphatic hydroxyl groups excluding tert-OH is 1. The molecule has 0 aliphatic rings. The smallest absolute Gasteiger partial charge is 0.336 e. The Morgan fingerprint density at radius 2 is 2.00 bits per heavy atom. The molecule has 0 saturated carbocycles. The number of amides is 1. The van der Waals surface area contributed by atoms with Crippen molar-refractivity contribution in [3.8, 4) is 5.75 Å². The van der Waals surface area contributed by atoms with E-state index in [1.807, 2.05) is 25.1 Å². The topological polar surface area (TPSA) is 88.8 Å². The molecule has 0 saturated heterocycles. The summed E-state index contributed by atoms with van der Waals surface area (Å²) in [5.41, 5.74) is 1.43. The average Bonchev–Trinajstić information content (AvgIpc) is 2.70. The summed E-state index contributed by atoms with van der Waals surface area (Å²) in [6, 6.07) is 13.6. The van der Waals surface area contributed by atoms with Crippen LogP contribution >= 0.6 is 11.6 Å². The standard InChI is InChI=1S/C21H20ClNO5/c1-2-13-8-21(26)28-18-10-19(16(22)9-15(13)18)27-12-20(25)23-11-17(24)14-6-4-3-5-7-14/h3-10,17,24H,2,11-12H2,1H3,(H,23,25). The molecule has 28 heavy (non-hydrogen) atoms. The fourth-order valence-electron chi connectivity index (χ4n) is 2.83. The second kappa shape index (κ2) is 8.91. The van der Waals surface area contributed by atoms with Gasteiger partial charge in [0.2, 0.25) is 0 Å². The zero-order chi connectivity index (χ0) is 20.1. The van der Waals surface area contributed by atoms with E-state index in [4.69, 9.17) is 20.8 Å². The Labute approximate surface area is 166 Å². The maximum Gasteiger partial charge on any atom is 0.336 e. The van der Waals surface area contributed by atoms with Crippen LogP contribution in [0.15, 0.2) is 57.7 Å². The Hall–Kier alpha value is -2.83. The van der Waals surface area contributed by atoms with E-state index < -0.39 is 17.6 Å². The monoisotopic (exact) mass is 401 g/mol. The van der Waals surface area contributed by atoms with E-state index >= 15 is 0 Å². The van der Waals surface area contributed by atoms with Gasteiger partial charge in [0.1, 0.15) is 11.3 Å². The number of aryl methyl sites for hydroxylation is 1. The lowest BCUT2D eigenvalue weighted by atomic mass is 10.1. The predicted molar refractivity (Wildman–Crippen MR) is 107 cm³/mol. The number of hydrogen-bond donors (Lipinski definition) is 2. The van der Waals surface area contributed by atoms with Gasteiger partial charge >= 0.3 is 5.63 Å². The van der Waals surface area contributed by atoms with Gasteiger partial charge in [-0.25, -0.2) is 4.79 Å². The number of halogens is 1. The van der Waals surface area contributed by atoms with Crippen LogP contribution in [-0.4, -0.2) is 24.2 Å². The molecular formula is C21H20ClNO5. The van der Waals surface area contributed by atoms with Crippen molar-refractivity contribution in [2.24, 2.45) is 0 Å². The lowest BCUT2D eigenvalue weighted by molar-refractivity contribution is -0.123. The summed E-state index contributed by atoms with van der Waals surface area (Å²) >= 11 is 6.25. The molecule has 1 unspecified atom stereocenters. The van der Waals surface area contributed by atoms with Crippen molar-refractivity contribution >= 4 is 28.5 Å². The molecule has 3 rings (SSSR count).